The molecule has 0 aliphatic carbocycles. The van der Waals surface area contributed by atoms with Crippen LogP contribution in [-0.2, 0) is 9.53 Å². The molecule has 1 aliphatic heterocycles. The lowest BCUT2D eigenvalue weighted by atomic mass is 9.95. The first-order valence-electron chi connectivity index (χ1n) is 13.2. The van der Waals surface area contributed by atoms with Crippen molar-refractivity contribution < 1.29 is 28.9 Å². The third kappa shape index (κ3) is 6.69. The summed E-state index contributed by atoms with van der Waals surface area (Å²) in [6.07, 6.45) is 0.561. The maximum absolute atomic E-state index is 12.4. The van der Waals surface area contributed by atoms with Crippen LogP contribution in [0.15, 0.2) is 71.0 Å². The normalized spacial score (nSPS) is 15.8. The van der Waals surface area contributed by atoms with Gasteiger partial charge in [0.1, 0.15) is 6.61 Å². The van der Waals surface area contributed by atoms with Gasteiger partial charge in [0, 0.05) is 28.3 Å². The first-order valence-corrected chi connectivity index (χ1v) is 13.2. The molecule has 11 heteroatoms. The average Bonchev–Trinajstić information content (AvgIpc) is 3.24. The Balaban J connectivity index is 1.43. The van der Waals surface area contributed by atoms with E-state index in [1.54, 1.807) is 31.3 Å². The fourth-order valence-corrected chi connectivity index (χ4v) is 4.71. The molecule has 0 bridgehead atoms. The van der Waals surface area contributed by atoms with Crippen molar-refractivity contribution in [3.05, 3.63) is 88.4 Å². The van der Waals surface area contributed by atoms with Gasteiger partial charge in [-0.2, -0.15) is 5.10 Å². The van der Waals surface area contributed by atoms with Crippen LogP contribution in [0.25, 0.3) is 5.69 Å². The number of nitrogens with zero attached hydrogens (tertiary/aromatic N) is 2. The number of urea groups is 1. The van der Waals surface area contributed by atoms with Crippen LogP contribution in [0.3, 0.4) is 0 Å². The number of benzene rings is 2. The molecule has 4 rings (SSSR count). The van der Waals surface area contributed by atoms with E-state index in [0.717, 1.165) is 22.6 Å². The Hall–Kier alpha value is -4.77. The quantitative estimate of drug-likeness (QED) is 0.122. The third-order valence-corrected chi connectivity index (χ3v) is 6.58. The van der Waals surface area contributed by atoms with Gasteiger partial charge in [0.2, 0.25) is 0 Å². The number of para-hydroxylation sites is 1. The Labute approximate surface area is 238 Å². The highest BCUT2D eigenvalue weighted by molar-refractivity contribution is 5.95. The molecule has 41 heavy (non-hydrogen) atoms. The van der Waals surface area contributed by atoms with Gasteiger partial charge in [-0.25, -0.2) is 9.59 Å². The number of hydrazone groups is 1. The van der Waals surface area contributed by atoms with Crippen LogP contribution in [0.2, 0.25) is 0 Å². The molecule has 0 unspecified atom stereocenters. The van der Waals surface area contributed by atoms with Crippen LogP contribution >= 0.6 is 0 Å². The van der Waals surface area contributed by atoms with Gasteiger partial charge in [0.25, 0.3) is 0 Å². The van der Waals surface area contributed by atoms with Gasteiger partial charge in [0.15, 0.2) is 17.7 Å². The lowest BCUT2D eigenvalue weighted by molar-refractivity contribution is -0.136. The van der Waals surface area contributed by atoms with Crippen molar-refractivity contribution in [2.45, 2.75) is 40.0 Å². The molecule has 2 heterocycles. The average molecular weight is 562 g/mol. The predicted molar refractivity (Wildman–Crippen MR) is 154 cm³/mol. The van der Waals surface area contributed by atoms with Gasteiger partial charge in [-0.15, -0.1) is 0 Å². The van der Waals surface area contributed by atoms with E-state index < -0.39 is 24.3 Å². The van der Waals surface area contributed by atoms with E-state index in [9.17, 15) is 14.7 Å². The molecular formula is C30H35N5O6. The first-order chi connectivity index (χ1) is 19.7. The largest absolute Gasteiger partial charge is 0.490 e. The van der Waals surface area contributed by atoms with Gasteiger partial charge in [0.05, 0.1) is 31.5 Å². The van der Waals surface area contributed by atoms with Crippen LogP contribution < -0.4 is 25.5 Å². The van der Waals surface area contributed by atoms with Crippen LogP contribution in [-0.4, -0.2) is 54.4 Å². The standard InChI is InChI=1S/C30H35N5O6/c1-6-40-25-15-21(28-27(29(37)39-5)19(3)32-30(38)33-28)12-13-24(25)41-17-26(36)34-31-16-22-14-18(2)35(20(22)4)23-10-8-7-9-11-23/h7-16,26,28,34,36H,6,17H2,1-5H3,(H2,32,33,38)/b31-16+/t26-,28+/m0/s1. The summed E-state index contributed by atoms with van der Waals surface area (Å²) in [5.41, 5.74) is 8.05. The van der Waals surface area contributed by atoms with Crippen molar-refractivity contribution in [2.24, 2.45) is 5.10 Å². The second kappa shape index (κ2) is 13.1. The summed E-state index contributed by atoms with van der Waals surface area (Å²) in [6, 6.07) is 16.0. The van der Waals surface area contributed by atoms with Crippen LogP contribution in [0.1, 0.15) is 42.4 Å². The fraction of sp³-hybridized carbons (Fsp3) is 0.300. The number of ether oxygens (including phenoxy) is 3. The Morgan fingerprint density at radius 1 is 1.12 bits per heavy atom. The van der Waals surface area contributed by atoms with Gasteiger partial charge in [-0.05, 0) is 63.6 Å². The molecule has 0 saturated heterocycles. The molecular weight excluding hydrogens is 526 g/mol. The zero-order valence-corrected chi connectivity index (χ0v) is 23.7. The molecule has 0 radical (unpaired) electrons. The number of methoxy groups -OCH3 is 1. The Morgan fingerprint density at radius 2 is 1.88 bits per heavy atom. The molecule has 0 fully saturated rings. The molecule has 4 N–H and O–H groups in total. The zero-order chi connectivity index (χ0) is 29.5. The molecule has 1 aromatic heterocycles. The van der Waals surface area contributed by atoms with Crippen LogP contribution in [0.4, 0.5) is 4.79 Å². The highest BCUT2D eigenvalue weighted by Gasteiger charge is 2.32. The maximum atomic E-state index is 12.4. The minimum atomic E-state index is -1.10. The van der Waals surface area contributed by atoms with Crippen molar-refractivity contribution in [3.63, 3.8) is 0 Å². The highest BCUT2D eigenvalue weighted by Crippen LogP contribution is 2.35. The third-order valence-electron chi connectivity index (χ3n) is 6.58. The van der Waals surface area contributed by atoms with Crippen molar-refractivity contribution >= 4 is 18.2 Å². The molecule has 3 aromatic rings. The number of esters is 1. The topological polar surface area (TPSA) is 135 Å². The van der Waals surface area contributed by atoms with Crippen molar-refractivity contribution in [3.8, 4) is 17.2 Å². The Kier molecular flexibility index (Phi) is 9.30. The van der Waals surface area contributed by atoms with E-state index in [4.69, 9.17) is 14.2 Å². The number of hydrogen-bond donors (Lipinski definition) is 4. The zero-order valence-electron chi connectivity index (χ0n) is 23.7. The van der Waals surface area contributed by atoms with Crippen molar-refractivity contribution in [1.82, 2.24) is 20.6 Å². The molecule has 0 spiro atoms. The van der Waals surface area contributed by atoms with E-state index in [1.165, 1.54) is 7.11 Å². The molecule has 11 nitrogen and oxygen atoms in total. The number of amides is 2. The molecule has 216 valence electrons. The number of rotatable bonds is 11. The highest BCUT2D eigenvalue weighted by atomic mass is 16.5. The fourth-order valence-electron chi connectivity index (χ4n) is 4.71. The van der Waals surface area contributed by atoms with Gasteiger partial charge < -0.3 is 34.5 Å². The van der Waals surface area contributed by atoms with Crippen LogP contribution in [0.5, 0.6) is 11.5 Å². The number of carbonyl (C=O) groups excluding carboxylic acids is 2. The van der Waals surface area contributed by atoms with E-state index >= 15 is 0 Å². The van der Waals surface area contributed by atoms with E-state index in [-0.39, 0.29) is 12.2 Å². The number of hydrogen-bond acceptors (Lipinski definition) is 8. The summed E-state index contributed by atoms with van der Waals surface area (Å²) < 4.78 is 18.6. The molecule has 0 saturated carbocycles. The summed E-state index contributed by atoms with van der Waals surface area (Å²) in [5.74, 6) is 0.214. The number of aryl methyl sites for hydroxylation is 1. The van der Waals surface area contributed by atoms with Crippen LogP contribution in [0, 0.1) is 13.8 Å². The molecule has 2 amide bonds. The maximum Gasteiger partial charge on any atom is 0.337 e. The summed E-state index contributed by atoms with van der Waals surface area (Å²) in [4.78, 5) is 24.6. The monoisotopic (exact) mass is 561 g/mol. The number of nitrogens with one attached hydrogen (secondary N) is 3. The summed E-state index contributed by atoms with van der Waals surface area (Å²) in [7, 11) is 1.28. The lowest BCUT2D eigenvalue weighted by Crippen LogP contribution is -2.45. The number of aromatic nitrogens is 1. The van der Waals surface area contributed by atoms with Gasteiger partial charge >= 0.3 is 12.0 Å². The van der Waals surface area contributed by atoms with E-state index in [1.807, 2.05) is 57.2 Å². The SMILES string of the molecule is CCOc1cc([C@H]2NC(=O)NC(C)=C2C(=O)OC)ccc1OC[C@H](O)N/N=C/c1cc(C)n(-c2ccccc2)c1C. The van der Waals surface area contributed by atoms with E-state index in [2.05, 4.69) is 25.7 Å². The predicted octanol–water partition coefficient (Wildman–Crippen LogP) is 3.61. The number of allylic oxidation sites excluding steroid dienone is 1. The number of carbonyl (C=O) groups is 2. The van der Waals surface area contributed by atoms with E-state index in [0.29, 0.717) is 29.4 Å². The summed E-state index contributed by atoms with van der Waals surface area (Å²) in [6.45, 7) is 7.74. The van der Waals surface area contributed by atoms with Crippen molar-refractivity contribution in [1.29, 1.82) is 0 Å². The second-order valence-corrected chi connectivity index (χ2v) is 9.41. The minimum Gasteiger partial charge on any atom is -0.490 e. The smallest absolute Gasteiger partial charge is 0.337 e. The molecule has 1 aliphatic rings. The molecule has 2 atom stereocenters. The summed E-state index contributed by atoms with van der Waals surface area (Å²) in [5, 5.41) is 20.0. The number of aliphatic hydroxyl groups is 1. The second-order valence-electron chi connectivity index (χ2n) is 9.41. The Morgan fingerprint density at radius 3 is 2.59 bits per heavy atom. The summed E-state index contributed by atoms with van der Waals surface area (Å²) >= 11 is 0. The van der Waals surface area contributed by atoms with Gasteiger partial charge in [-0.1, -0.05) is 24.3 Å². The number of aliphatic hydroxyl groups excluding tert-OH is 1. The van der Waals surface area contributed by atoms with Gasteiger partial charge in [-0.3, -0.25) is 5.43 Å². The first kappa shape index (κ1) is 29.2. The molecule has 2 aromatic carbocycles. The minimum absolute atomic E-state index is 0.115. The Bertz CT molecular complexity index is 1460. The lowest BCUT2D eigenvalue weighted by Gasteiger charge is -2.28. The van der Waals surface area contributed by atoms with Crippen molar-refractivity contribution in [2.75, 3.05) is 20.3 Å².